The van der Waals surface area contributed by atoms with Crippen LogP contribution in [0.3, 0.4) is 0 Å². The largest absolute Gasteiger partial charge is 0.453 e. The van der Waals surface area contributed by atoms with Crippen LogP contribution in [0.15, 0.2) is 0 Å². The van der Waals surface area contributed by atoms with Crippen LogP contribution in [0.1, 0.15) is 20.3 Å². The molecule has 0 fully saturated rings. The molecule has 1 atom stereocenters. The number of hydrogen-bond acceptors (Lipinski definition) is 2. The highest BCUT2D eigenvalue weighted by Crippen LogP contribution is 1.99. The Morgan fingerprint density at radius 3 is 2.25 bits per heavy atom. The van der Waals surface area contributed by atoms with Crippen molar-refractivity contribution in [2.75, 3.05) is 0 Å². The molecule has 0 aliphatic heterocycles. The van der Waals surface area contributed by atoms with Crippen molar-refractivity contribution in [2.24, 2.45) is 11.7 Å². The van der Waals surface area contributed by atoms with E-state index in [1.54, 1.807) is 0 Å². The van der Waals surface area contributed by atoms with E-state index in [1.165, 1.54) is 0 Å². The molecule has 0 aliphatic rings. The van der Waals surface area contributed by atoms with Crippen molar-refractivity contribution >= 4 is 7.48 Å². The first-order valence-corrected chi connectivity index (χ1v) is 2.90. The number of rotatable bonds is 3. The van der Waals surface area contributed by atoms with Crippen molar-refractivity contribution in [3.8, 4) is 0 Å². The second-order valence-electron chi connectivity index (χ2n) is 2.44. The molecule has 0 aromatic rings. The molecule has 1 unspecified atom stereocenters. The molecule has 0 amide bonds. The quantitative estimate of drug-likeness (QED) is 0.504. The maximum absolute atomic E-state index is 8.33. The Balaban J connectivity index is 3.10. The second-order valence-corrected chi connectivity index (χ2v) is 2.44. The monoisotopic (exact) mass is 114 g/mol. The lowest BCUT2D eigenvalue weighted by molar-refractivity contribution is 0.518. The summed E-state index contributed by atoms with van der Waals surface area (Å²) in [5.41, 5.74) is 5.37. The van der Waals surface area contributed by atoms with Gasteiger partial charge in [-0.1, -0.05) is 13.8 Å². The Hall–Kier alpha value is -0.0151. The minimum Gasteiger partial charge on any atom is -0.453 e. The van der Waals surface area contributed by atoms with E-state index in [-0.39, 0.29) is 5.94 Å². The van der Waals surface area contributed by atoms with Crippen molar-refractivity contribution in [2.45, 2.75) is 26.2 Å². The van der Waals surface area contributed by atoms with Crippen LogP contribution in [0.5, 0.6) is 0 Å². The van der Waals surface area contributed by atoms with Gasteiger partial charge in [0.2, 0.25) is 0 Å². The van der Waals surface area contributed by atoms with Crippen LogP contribution in [-0.2, 0) is 0 Å². The van der Waals surface area contributed by atoms with Crippen LogP contribution in [0.25, 0.3) is 0 Å². The molecule has 0 heterocycles. The summed E-state index contributed by atoms with van der Waals surface area (Å²) in [5, 5.41) is 8.33. The molecule has 0 aliphatic carbocycles. The zero-order chi connectivity index (χ0) is 6.57. The van der Waals surface area contributed by atoms with E-state index in [0.29, 0.717) is 5.92 Å². The summed E-state index contributed by atoms with van der Waals surface area (Å²) in [5.74, 6) is 0.420. The van der Waals surface area contributed by atoms with Gasteiger partial charge in [-0.2, -0.15) is 0 Å². The second kappa shape index (κ2) is 3.92. The molecular formula is C5H13BNO. The third-order valence-corrected chi connectivity index (χ3v) is 0.935. The molecule has 2 nitrogen and oxygen atoms in total. The third-order valence-electron chi connectivity index (χ3n) is 0.935. The van der Waals surface area contributed by atoms with Gasteiger partial charge in [-0.05, 0) is 12.3 Å². The molecule has 0 rings (SSSR count). The van der Waals surface area contributed by atoms with E-state index in [0.717, 1.165) is 13.9 Å². The summed E-state index contributed by atoms with van der Waals surface area (Å²) in [4.78, 5) is 0. The minimum absolute atomic E-state index is 0.144. The van der Waals surface area contributed by atoms with E-state index in [9.17, 15) is 0 Å². The molecule has 0 saturated carbocycles. The van der Waals surface area contributed by atoms with Crippen LogP contribution in [0.4, 0.5) is 0 Å². The van der Waals surface area contributed by atoms with Gasteiger partial charge in [-0.3, -0.25) is 0 Å². The lowest BCUT2D eigenvalue weighted by Gasteiger charge is -2.07. The molecule has 0 saturated heterocycles. The molecule has 0 aromatic heterocycles. The van der Waals surface area contributed by atoms with Crippen LogP contribution < -0.4 is 5.73 Å². The zero-order valence-electron chi connectivity index (χ0n) is 5.46. The molecule has 1 radical (unpaired) electrons. The van der Waals surface area contributed by atoms with Gasteiger partial charge in [0.1, 0.15) is 0 Å². The summed E-state index contributed by atoms with van der Waals surface area (Å²) in [6, 6.07) is 0. The van der Waals surface area contributed by atoms with E-state index >= 15 is 0 Å². The summed E-state index contributed by atoms with van der Waals surface area (Å²) in [6.07, 6.45) is 0.858. The standard InChI is InChI=1S/C5H13BNO/c1-4(2)3-5(7)6-8/h4-5,8H,3,7H2,1-2H3. The molecule has 0 bridgehead atoms. The fourth-order valence-electron chi connectivity index (χ4n) is 0.605. The van der Waals surface area contributed by atoms with Crippen LogP contribution in [0, 0.1) is 5.92 Å². The molecule has 47 valence electrons. The van der Waals surface area contributed by atoms with Gasteiger partial charge in [0.05, 0.1) is 0 Å². The predicted molar refractivity (Wildman–Crippen MR) is 35.4 cm³/mol. The van der Waals surface area contributed by atoms with Crippen LogP contribution in [-0.4, -0.2) is 18.4 Å². The van der Waals surface area contributed by atoms with E-state index in [2.05, 4.69) is 13.8 Å². The normalized spacial score (nSPS) is 14.1. The Bertz CT molecular complexity index is 58.4. The fraction of sp³-hybridized carbons (Fsp3) is 1.00. The van der Waals surface area contributed by atoms with E-state index in [1.807, 2.05) is 0 Å². The predicted octanol–water partition coefficient (Wildman–Crippen LogP) is -0.0712. The smallest absolute Gasteiger partial charge is 0.305 e. The lowest BCUT2D eigenvalue weighted by Crippen LogP contribution is -2.28. The maximum Gasteiger partial charge on any atom is 0.305 e. The van der Waals surface area contributed by atoms with Gasteiger partial charge in [0.15, 0.2) is 0 Å². The highest BCUT2D eigenvalue weighted by Gasteiger charge is 2.03. The van der Waals surface area contributed by atoms with Crippen molar-refractivity contribution < 1.29 is 5.02 Å². The Labute approximate surface area is 51.4 Å². The maximum atomic E-state index is 8.33. The first-order chi connectivity index (χ1) is 3.66. The first kappa shape index (κ1) is 7.98. The van der Waals surface area contributed by atoms with Gasteiger partial charge in [0.25, 0.3) is 0 Å². The first-order valence-electron chi connectivity index (χ1n) is 2.90. The van der Waals surface area contributed by atoms with E-state index in [4.69, 9.17) is 10.8 Å². The SMILES string of the molecule is CC(C)CC(N)[B]O. The molecule has 0 spiro atoms. The third kappa shape index (κ3) is 4.15. The molecule has 3 heteroatoms. The average molecular weight is 114 g/mol. The van der Waals surface area contributed by atoms with Gasteiger partial charge in [-0.15, -0.1) is 0 Å². The van der Waals surface area contributed by atoms with Crippen molar-refractivity contribution in [3.63, 3.8) is 0 Å². The number of hydrogen-bond donors (Lipinski definition) is 2. The Kier molecular flexibility index (Phi) is 3.92. The molecule has 8 heavy (non-hydrogen) atoms. The van der Waals surface area contributed by atoms with Gasteiger partial charge >= 0.3 is 7.48 Å². The van der Waals surface area contributed by atoms with Crippen LogP contribution >= 0.6 is 0 Å². The summed E-state index contributed by atoms with van der Waals surface area (Å²) in [6.45, 7) is 4.15. The van der Waals surface area contributed by atoms with Gasteiger partial charge in [-0.25, -0.2) is 0 Å². The van der Waals surface area contributed by atoms with Gasteiger partial charge in [0, 0.05) is 5.94 Å². The van der Waals surface area contributed by atoms with Crippen molar-refractivity contribution in [1.29, 1.82) is 0 Å². The fourth-order valence-corrected chi connectivity index (χ4v) is 0.605. The van der Waals surface area contributed by atoms with E-state index < -0.39 is 0 Å². The van der Waals surface area contributed by atoms with Crippen molar-refractivity contribution in [1.82, 2.24) is 0 Å². The minimum atomic E-state index is -0.144. The Morgan fingerprint density at radius 1 is 1.62 bits per heavy atom. The molecule has 3 N–H and O–H groups in total. The molecule has 0 aromatic carbocycles. The highest BCUT2D eigenvalue weighted by atomic mass is 16.2. The summed E-state index contributed by atoms with van der Waals surface area (Å²) >= 11 is 0. The lowest BCUT2D eigenvalue weighted by atomic mass is 9.83. The number of nitrogens with two attached hydrogens (primary N) is 1. The van der Waals surface area contributed by atoms with Crippen molar-refractivity contribution in [3.05, 3.63) is 0 Å². The molecular weight excluding hydrogens is 101 g/mol. The highest BCUT2D eigenvalue weighted by molar-refractivity contribution is 6.27. The summed E-state index contributed by atoms with van der Waals surface area (Å²) in [7, 11) is 1.04. The Morgan fingerprint density at radius 2 is 2.12 bits per heavy atom. The topological polar surface area (TPSA) is 46.2 Å². The average Bonchev–Trinajstić information content (AvgIpc) is 1.65. The van der Waals surface area contributed by atoms with Gasteiger partial charge < -0.3 is 10.8 Å². The van der Waals surface area contributed by atoms with Crippen LogP contribution in [0.2, 0.25) is 0 Å². The zero-order valence-corrected chi connectivity index (χ0v) is 5.46. The summed E-state index contributed by atoms with van der Waals surface area (Å²) < 4.78 is 0.